The van der Waals surface area contributed by atoms with Gasteiger partial charge in [0.1, 0.15) is 0 Å². The van der Waals surface area contributed by atoms with Crippen LogP contribution >= 0.6 is 24.0 Å². The second-order valence-corrected chi connectivity index (χ2v) is 5.76. The number of hydrogen-bond donors (Lipinski definition) is 1. The first-order chi connectivity index (χ1) is 9.54. The molecule has 0 saturated carbocycles. The van der Waals surface area contributed by atoms with E-state index in [1.54, 1.807) is 6.92 Å². The molecular formula is C15H31IN4O. The number of halogens is 1. The summed E-state index contributed by atoms with van der Waals surface area (Å²) in [4.78, 5) is 20.2. The molecule has 1 amide bonds. The van der Waals surface area contributed by atoms with E-state index in [9.17, 15) is 4.79 Å². The van der Waals surface area contributed by atoms with Gasteiger partial charge in [0.25, 0.3) is 0 Å². The molecule has 0 unspecified atom stereocenters. The molecule has 5 nitrogen and oxygen atoms in total. The number of amides is 1. The highest BCUT2D eigenvalue weighted by molar-refractivity contribution is 14.0. The van der Waals surface area contributed by atoms with Crippen LogP contribution in [0.25, 0.3) is 0 Å². The third-order valence-electron chi connectivity index (χ3n) is 3.56. The van der Waals surface area contributed by atoms with Crippen molar-refractivity contribution >= 4 is 35.8 Å². The minimum Gasteiger partial charge on any atom is -0.357 e. The third kappa shape index (κ3) is 7.87. The summed E-state index contributed by atoms with van der Waals surface area (Å²) in [6.07, 6.45) is 2.36. The van der Waals surface area contributed by atoms with Crippen LogP contribution in [0.3, 0.4) is 0 Å². The Morgan fingerprint density at radius 1 is 1.19 bits per heavy atom. The molecule has 1 fully saturated rings. The Balaban J connectivity index is 0.00000400. The van der Waals surface area contributed by atoms with Gasteiger partial charge in [-0.05, 0) is 25.7 Å². The maximum atomic E-state index is 11.3. The Bertz CT molecular complexity index is 326. The predicted octanol–water partition coefficient (Wildman–Crippen LogP) is 2.17. The van der Waals surface area contributed by atoms with Gasteiger partial charge >= 0.3 is 0 Å². The van der Waals surface area contributed by atoms with Crippen LogP contribution in [0, 0.1) is 5.92 Å². The van der Waals surface area contributed by atoms with Gasteiger partial charge in [-0.1, -0.05) is 13.8 Å². The van der Waals surface area contributed by atoms with Gasteiger partial charge in [-0.3, -0.25) is 9.79 Å². The number of carbonyl (C=O) groups is 1. The number of piperazine rings is 1. The molecule has 1 N–H and O–H groups in total. The predicted molar refractivity (Wildman–Crippen MR) is 99.3 cm³/mol. The summed E-state index contributed by atoms with van der Waals surface area (Å²) in [6.45, 7) is 13.3. The molecule has 0 aromatic heterocycles. The number of nitrogens with zero attached hydrogens (tertiary/aromatic N) is 3. The molecule has 1 saturated heterocycles. The van der Waals surface area contributed by atoms with Crippen LogP contribution in [0.5, 0.6) is 0 Å². The minimum atomic E-state index is 0. The maximum Gasteiger partial charge on any atom is 0.219 e. The van der Waals surface area contributed by atoms with E-state index in [1.165, 1.54) is 6.42 Å². The maximum absolute atomic E-state index is 11.3. The van der Waals surface area contributed by atoms with Crippen molar-refractivity contribution in [2.45, 2.75) is 40.5 Å². The molecule has 0 aromatic rings. The molecular weight excluding hydrogens is 379 g/mol. The molecule has 0 aromatic carbocycles. The number of rotatable bonds is 5. The van der Waals surface area contributed by atoms with Crippen LogP contribution < -0.4 is 5.32 Å². The van der Waals surface area contributed by atoms with Crippen LogP contribution in [-0.2, 0) is 4.79 Å². The van der Waals surface area contributed by atoms with E-state index >= 15 is 0 Å². The third-order valence-corrected chi connectivity index (χ3v) is 3.56. The average molecular weight is 410 g/mol. The molecule has 0 spiro atoms. The summed E-state index contributed by atoms with van der Waals surface area (Å²) < 4.78 is 0. The fourth-order valence-electron chi connectivity index (χ4n) is 2.34. The van der Waals surface area contributed by atoms with Gasteiger partial charge in [-0.25, -0.2) is 0 Å². The Morgan fingerprint density at radius 3 is 2.24 bits per heavy atom. The van der Waals surface area contributed by atoms with E-state index < -0.39 is 0 Å². The zero-order valence-corrected chi connectivity index (χ0v) is 16.2. The van der Waals surface area contributed by atoms with Crippen LogP contribution in [0.1, 0.15) is 40.5 Å². The lowest BCUT2D eigenvalue weighted by molar-refractivity contribution is -0.130. The Labute approximate surface area is 146 Å². The van der Waals surface area contributed by atoms with E-state index in [0.29, 0.717) is 0 Å². The van der Waals surface area contributed by atoms with Crippen LogP contribution in [0.15, 0.2) is 4.99 Å². The summed E-state index contributed by atoms with van der Waals surface area (Å²) in [7, 11) is 0. The lowest BCUT2D eigenvalue weighted by Crippen LogP contribution is -2.53. The summed E-state index contributed by atoms with van der Waals surface area (Å²) in [5.74, 6) is 1.91. The summed E-state index contributed by atoms with van der Waals surface area (Å²) >= 11 is 0. The van der Waals surface area contributed by atoms with Crippen LogP contribution in [0.4, 0.5) is 0 Å². The van der Waals surface area contributed by atoms with Crippen molar-refractivity contribution in [1.29, 1.82) is 0 Å². The van der Waals surface area contributed by atoms with Gasteiger partial charge in [-0.2, -0.15) is 0 Å². The van der Waals surface area contributed by atoms with E-state index in [0.717, 1.165) is 57.6 Å². The van der Waals surface area contributed by atoms with E-state index in [4.69, 9.17) is 4.99 Å². The van der Waals surface area contributed by atoms with Crippen molar-refractivity contribution in [3.05, 3.63) is 0 Å². The highest BCUT2D eigenvalue weighted by Crippen LogP contribution is 2.05. The van der Waals surface area contributed by atoms with Gasteiger partial charge in [0, 0.05) is 46.2 Å². The molecule has 1 aliphatic heterocycles. The van der Waals surface area contributed by atoms with E-state index in [2.05, 4.69) is 31.0 Å². The van der Waals surface area contributed by atoms with Gasteiger partial charge in [0.15, 0.2) is 5.96 Å². The molecule has 124 valence electrons. The second kappa shape index (κ2) is 11.1. The van der Waals surface area contributed by atoms with Gasteiger partial charge in [0.2, 0.25) is 5.91 Å². The lowest BCUT2D eigenvalue weighted by Gasteiger charge is -2.36. The lowest BCUT2D eigenvalue weighted by atomic mass is 10.1. The zero-order valence-electron chi connectivity index (χ0n) is 13.9. The van der Waals surface area contributed by atoms with Crippen LogP contribution in [0.2, 0.25) is 0 Å². The smallest absolute Gasteiger partial charge is 0.219 e. The molecule has 0 radical (unpaired) electrons. The highest BCUT2D eigenvalue weighted by atomic mass is 127. The molecule has 21 heavy (non-hydrogen) atoms. The number of guanidine groups is 1. The van der Waals surface area contributed by atoms with Crippen molar-refractivity contribution in [2.75, 3.05) is 39.3 Å². The van der Waals surface area contributed by atoms with Gasteiger partial charge in [-0.15, -0.1) is 24.0 Å². The molecule has 0 bridgehead atoms. The molecule has 1 aliphatic rings. The number of nitrogens with one attached hydrogen (secondary N) is 1. The molecule has 0 aliphatic carbocycles. The Kier molecular flexibility index (Phi) is 10.8. The first-order valence-corrected chi connectivity index (χ1v) is 7.83. The minimum absolute atomic E-state index is 0. The van der Waals surface area contributed by atoms with E-state index in [1.807, 2.05) is 4.90 Å². The summed E-state index contributed by atoms with van der Waals surface area (Å²) in [5, 5.41) is 3.36. The second-order valence-electron chi connectivity index (χ2n) is 5.76. The quantitative estimate of drug-likeness (QED) is 0.327. The monoisotopic (exact) mass is 410 g/mol. The van der Waals surface area contributed by atoms with Crippen molar-refractivity contribution in [2.24, 2.45) is 10.9 Å². The number of carbonyl (C=O) groups excluding carboxylic acids is 1. The zero-order chi connectivity index (χ0) is 15.0. The van der Waals surface area contributed by atoms with Crippen molar-refractivity contribution in [3.8, 4) is 0 Å². The summed E-state index contributed by atoms with van der Waals surface area (Å²) in [6, 6.07) is 0. The highest BCUT2D eigenvalue weighted by Gasteiger charge is 2.20. The molecule has 1 heterocycles. The normalized spacial score (nSPS) is 16.0. The van der Waals surface area contributed by atoms with Crippen LogP contribution in [-0.4, -0.2) is 60.9 Å². The van der Waals surface area contributed by atoms with Gasteiger partial charge < -0.3 is 15.1 Å². The molecule has 1 rings (SSSR count). The average Bonchev–Trinajstić information content (AvgIpc) is 2.42. The first kappa shape index (κ1) is 20.5. The Hall–Kier alpha value is -0.530. The largest absolute Gasteiger partial charge is 0.357 e. The summed E-state index contributed by atoms with van der Waals surface area (Å²) in [5.41, 5.74) is 0. The fraction of sp³-hybridized carbons (Fsp3) is 0.867. The number of aliphatic imine (C=N–C) groups is 1. The van der Waals surface area contributed by atoms with Crippen molar-refractivity contribution in [1.82, 2.24) is 15.1 Å². The van der Waals surface area contributed by atoms with Crippen molar-refractivity contribution < 1.29 is 4.79 Å². The standard InChI is InChI=1S/C15H30N4O.HI/c1-5-16-15(17-8-6-7-13(2)3)19-11-9-18(10-12-19)14(4)20;/h13H,5-12H2,1-4H3,(H,16,17);1H. The van der Waals surface area contributed by atoms with E-state index in [-0.39, 0.29) is 29.9 Å². The fourth-order valence-corrected chi connectivity index (χ4v) is 2.34. The topological polar surface area (TPSA) is 47.9 Å². The SMILES string of the molecule is CCNC(=NCCCC(C)C)N1CCN(C(C)=O)CC1.I. The number of hydrogen-bond acceptors (Lipinski definition) is 2. The first-order valence-electron chi connectivity index (χ1n) is 7.83. The molecule has 6 heteroatoms. The van der Waals surface area contributed by atoms with Crippen molar-refractivity contribution in [3.63, 3.8) is 0 Å². The molecule has 0 atom stereocenters. The Morgan fingerprint density at radius 2 is 1.76 bits per heavy atom. The van der Waals surface area contributed by atoms with Gasteiger partial charge in [0.05, 0.1) is 0 Å².